The summed E-state index contributed by atoms with van der Waals surface area (Å²) in [7, 11) is -3.64. The summed E-state index contributed by atoms with van der Waals surface area (Å²) in [5.41, 5.74) is 0.382. The van der Waals surface area contributed by atoms with E-state index >= 15 is 0 Å². The molecule has 90 valence electrons. The highest BCUT2D eigenvalue weighted by atomic mass is 79.9. The molecule has 5 nitrogen and oxygen atoms in total. The molecule has 2 rings (SSSR count). The lowest BCUT2D eigenvalue weighted by molar-refractivity contribution is 0.597. The third-order valence-corrected chi connectivity index (χ3v) is 4.48. The number of halogens is 2. The van der Waals surface area contributed by atoms with Gasteiger partial charge in [-0.15, -0.1) is 0 Å². The van der Waals surface area contributed by atoms with Crippen LogP contribution < -0.4 is 4.72 Å². The van der Waals surface area contributed by atoms with E-state index in [0.29, 0.717) is 15.2 Å². The molecule has 0 fully saturated rings. The van der Waals surface area contributed by atoms with Crippen LogP contribution in [0.15, 0.2) is 40.0 Å². The number of hydrogen-bond donors (Lipinski definition) is 2. The van der Waals surface area contributed by atoms with Crippen LogP contribution in [0.2, 0.25) is 5.02 Å². The molecular weight excluding hydrogens is 330 g/mol. The average Bonchev–Trinajstić information content (AvgIpc) is 2.77. The van der Waals surface area contributed by atoms with E-state index in [1.807, 2.05) is 0 Å². The van der Waals surface area contributed by atoms with Crippen molar-refractivity contribution in [3.63, 3.8) is 0 Å². The van der Waals surface area contributed by atoms with Gasteiger partial charge in [0.05, 0.1) is 16.9 Å². The fourth-order valence-electron chi connectivity index (χ4n) is 1.16. The van der Waals surface area contributed by atoms with Crippen LogP contribution in [0.25, 0.3) is 0 Å². The van der Waals surface area contributed by atoms with E-state index in [1.54, 1.807) is 12.1 Å². The van der Waals surface area contributed by atoms with Crippen molar-refractivity contribution >= 4 is 43.2 Å². The third-order valence-electron chi connectivity index (χ3n) is 1.94. The first kappa shape index (κ1) is 12.4. The Bertz CT molecular complexity index is 628. The molecule has 0 unspecified atom stereocenters. The Morgan fingerprint density at radius 3 is 2.71 bits per heavy atom. The number of benzene rings is 1. The fourth-order valence-corrected chi connectivity index (χ4v) is 2.55. The maximum atomic E-state index is 11.8. The lowest BCUT2D eigenvalue weighted by Crippen LogP contribution is -2.13. The number of nitrogens with one attached hydrogen (secondary N) is 2. The number of sulfonamides is 1. The van der Waals surface area contributed by atoms with Crippen molar-refractivity contribution in [3.05, 3.63) is 40.0 Å². The summed E-state index contributed by atoms with van der Waals surface area (Å²) in [6.45, 7) is 0. The molecule has 0 spiro atoms. The zero-order valence-electron chi connectivity index (χ0n) is 8.31. The van der Waals surface area contributed by atoms with Gasteiger partial charge in [-0.1, -0.05) is 11.6 Å². The van der Waals surface area contributed by atoms with E-state index in [0.717, 1.165) is 0 Å². The van der Waals surface area contributed by atoms with Crippen LogP contribution >= 0.6 is 27.5 Å². The standard InChI is InChI=1S/C9H7BrClN3O2S/c10-7-2-1-6(5-8(7)11)14-17(15,16)9-3-4-12-13-9/h1-5,14H,(H,12,13). The van der Waals surface area contributed by atoms with E-state index in [-0.39, 0.29) is 5.03 Å². The molecule has 1 aromatic heterocycles. The number of aromatic amines is 1. The molecule has 1 aromatic carbocycles. The molecular formula is C9H7BrClN3O2S. The summed E-state index contributed by atoms with van der Waals surface area (Å²) in [6, 6.07) is 6.14. The van der Waals surface area contributed by atoms with E-state index in [4.69, 9.17) is 11.6 Å². The largest absolute Gasteiger partial charge is 0.278 e. The average molecular weight is 337 g/mol. The predicted molar refractivity (Wildman–Crippen MR) is 68.5 cm³/mol. The first-order chi connectivity index (χ1) is 7.99. The van der Waals surface area contributed by atoms with Crippen molar-refractivity contribution in [2.24, 2.45) is 0 Å². The van der Waals surface area contributed by atoms with Gasteiger partial charge >= 0.3 is 0 Å². The van der Waals surface area contributed by atoms with E-state index < -0.39 is 10.0 Å². The molecule has 8 heteroatoms. The molecule has 0 saturated carbocycles. The lowest BCUT2D eigenvalue weighted by Gasteiger charge is -2.06. The second kappa shape index (κ2) is 4.67. The zero-order chi connectivity index (χ0) is 12.5. The Hall–Kier alpha value is -1.05. The zero-order valence-corrected chi connectivity index (χ0v) is 11.5. The Morgan fingerprint density at radius 2 is 2.12 bits per heavy atom. The number of hydrogen-bond acceptors (Lipinski definition) is 3. The van der Waals surface area contributed by atoms with Crippen molar-refractivity contribution in [2.75, 3.05) is 4.72 Å². The van der Waals surface area contributed by atoms with Gasteiger partial charge < -0.3 is 0 Å². The summed E-state index contributed by atoms with van der Waals surface area (Å²) in [5.74, 6) is 0. The number of H-pyrrole nitrogens is 1. The van der Waals surface area contributed by atoms with Crippen LogP contribution in [-0.2, 0) is 10.0 Å². The first-order valence-corrected chi connectivity index (χ1v) is 7.12. The van der Waals surface area contributed by atoms with Crippen LogP contribution in [0.5, 0.6) is 0 Å². The van der Waals surface area contributed by atoms with Crippen molar-refractivity contribution in [2.45, 2.75) is 5.03 Å². The maximum absolute atomic E-state index is 11.8. The van der Waals surface area contributed by atoms with Crippen molar-refractivity contribution < 1.29 is 8.42 Å². The van der Waals surface area contributed by atoms with E-state index in [9.17, 15) is 8.42 Å². The Kier molecular flexibility index (Phi) is 3.41. The molecule has 0 radical (unpaired) electrons. The molecule has 2 aromatic rings. The quantitative estimate of drug-likeness (QED) is 0.905. The van der Waals surface area contributed by atoms with Crippen molar-refractivity contribution in [1.82, 2.24) is 10.2 Å². The van der Waals surface area contributed by atoms with Gasteiger partial charge in [0.1, 0.15) is 0 Å². The second-order valence-electron chi connectivity index (χ2n) is 3.16. The normalized spacial score (nSPS) is 11.4. The SMILES string of the molecule is O=S(=O)(Nc1ccc(Br)c(Cl)c1)c1ccn[nH]1. The molecule has 0 atom stereocenters. The topological polar surface area (TPSA) is 74.8 Å². The molecule has 0 aliphatic heterocycles. The van der Waals surface area contributed by atoms with Gasteiger partial charge in [-0.3, -0.25) is 9.82 Å². The predicted octanol–water partition coefficient (Wildman–Crippen LogP) is 2.63. The smallest absolute Gasteiger partial charge is 0.278 e. The van der Waals surface area contributed by atoms with Gasteiger partial charge in [-0.25, -0.2) is 0 Å². The highest BCUT2D eigenvalue weighted by Crippen LogP contribution is 2.26. The highest BCUT2D eigenvalue weighted by molar-refractivity contribution is 9.10. The molecule has 1 heterocycles. The van der Waals surface area contributed by atoms with E-state index in [1.165, 1.54) is 18.3 Å². The third kappa shape index (κ3) is 2.80. The van der Waals surface area contributed by atoms with Gasteiger partial charge in [0.15, 0.2) is 5.03 Å². The highest BCUT2D eigenvalue weighted by Gasteiger charge is 2.15. The number of anilines is 1. The second-order valence-corrected chi connectivity index (χ2v) is 6.07. The summed E-state index contributed by atoms with van der Waals surface area (Å²) in [6.07, 6.45) is 1.36. The molecule has 0 bridgehead atoms. The van der Waals surface area contributed by atoms with Crippen molar-refractivity contribution in [1.29, 1.82) is 0 Å². The molecule has 0 aliphatic rings. The minimum atomic E-state index is -3.64. The summed E-state index contributed by atoms with van der Waals surface area (Å²) in [5, 5.41) is 6.39. The van der Waals surface area contributed by atoms with Gasteiger partial charge in [0.2, 0.25) is 0 Å². The maximum Gasteiger partial charge on any atom is 0.278 e. The minimum Gasteiger partial charge on any atom is -0.278 e. The van der Waals surface area contributed by atoms with Crippen LogP contribution in [0.3, 0.4) is 0 Å². The Morgan fingerprint density at radius 1 is 1.35 bits per heavy atom. The molecule has 0 amide bonds. The molecule has 2 N–H and O–H groups in total. The summed E-state index contributed by atoms with van der Waals surface area (Å²) < 4.78 is 26.7. The van der Waals surface area contributed by atoms with Gasteiger partial charge in [0, 0.05) is 4.47 Å². The number of aromatic nitrogens is 2. The van der Waals surface area contributed by atoms with Gasteiger partial charge in [-0.05, 0) is 40.2 Å². The monoisotopic (exact) mass is 335 g/mol. The molecule has 17 heavy (non-hydrogen) atoms. The van der Waals surface area contributed by atoms with Crippen LogP contribution in [0, 0.1) is 0 Å². The minimum absolute atomic E-state index is 0.00320. The van der Waals surface area contributed by atoms with Crippen LogP contribution in [-0.4, -0.2) is 18.6 Å². The van der Waals surface area contributed by atoms with Gasteiger partial charge in [0.25, 0.3) is 10.0 Å². The Balaban J connectivity index is 2.30. The van der Waals surface area contributed by atoms with Crippen LogP contribution in [0.4, 0.5) is 5.69 Å². The fraction of sp³-hybridized carbons (Fsp3) is 0. The van der Waals surface area contributed by atoms with Crippen molar-refractivity contribution in [3.8, 4) is 0 Å². The molecule has 0 saturated heterocycles. The summed E-state index contributed by atoms with van der Waals surface area (Å²) in [4.78, 5) is 0. The van der Waals surface area contributed by atoms with Crippen LogP contribution in [0.1, 0.15) is 0 Å². The lowest BCUT2D eigenvalue weighted by atomic mass is 10.3. The molecule has 0 aliphatic carbocycles. The van der Waals surface area contributed by atoms with Gasteiger partial charge in [-0.2, -0.15) is 13.5 Å². The summed E-state index contributed by atoms with van der Waals surface area (Å²) >= 11 is 9.09. The number of nitrogens with zero attached hydrogens (tertiary/aromatic N) is 1. The number of rotatable bonds is 3. The van der Waals surface area contributed by atoms with E-state index in [2.05, 4.69) is 30.8 Å². The Labute approximate surface area is 111 Å². The first-order valence-electron chi connectivity index (χ1n) is 4.46.